The van der Waals surface area contributed by atoms with Gasteiger partial charge in [-0.15, -0.1) is 0 Å². The Balaban J connectivity index is 2.57. The molecule has 0 aliphatic rings. The van der Waals surface area contributed by atoms with E-state index in [1.807, 2.05) is 6.07 Å². The lowest BCUT2D eigenvalue weighted by atomic mass is 9.89. The van der Waals surface area contributed by atoms with Crippen LogP contribution >= 0.6 is 0 Å². The Labute approximate surface area is 214 Å². The first-order chi connectivity index (χ1) is 17.0. The monoisotopic (exact) mass is 488 g/mol. The molecule has 35 heavy (non-hydrogen) atoms. The van der Waals surface area contributed by atoms with Crippen LogP contribution in [0.15, 0.2) is 12.1 Å². The summed E-state index contributed by atoms with van der Waals surface area (Å²) in [6.07, 6.45) is 25.0. The Bertz CT molecular complexity index is 710. The molecule has 0 saturated carbocycles. The largest absolute Gasteiger partial charge is 0.478 e. The fourth-order valence-corrected chi connectivity index (χ4v) is 5.05. The van der Waals surface area contributed by atoms with Crippen LogP contribution in [0.4, 0.5) is 0 Å². The molecule has 0 atom stereocenters. The van der Waals surface area contributed by atoms with E-state index in [1.165, 1.54) is 102 Å². The van der Waals surface area contributed by atoms with Crippen LogP contribution in [0.2, 0.25) is 0 Å². The summed E-state index contributed by atoms with van der Waals surface area (Å²) in [5, 5.41) is 19.4. The van der Waals surface area contributed by atoms with Crippen molar-refractivity contribution in [2.75, 3.05) is 0 Å². The number of hydrogen-bond donors (Lipinski definition) is 2. The van der Waals surface area contributed by atoms with Gasteiger partial charge in [0.2, 0.25) is 0 Å². The highest BCUT2D eigenvalue weighted by Gasteiger charge is 2.22. The minimum Gasteiger partial charge on any atom is -0.478 e. The van der Waals surface area contributed by atoms with Crippen LogP contribution < -0.4 is 0 Å². The molecule has 0 amide bonds. The van der Waals surface area contributed by atoms with Crippen LogP contribution in [0, 0.1) is 0 Å². The molecular formula is C31H52O4. The number of carbonyl (C=O) groups is 2. The number of aryl methyl sites for hydroxylation is 1. The van der Waals surface area contributed by atoms with Crippen molar-refractivity contribution in [3.05, 3.63) is 34.4 Å². The molecule has 0 spiro atoms. The van der Waals surface area contributed by atoms with Crippen LogP contribution in [-0.4, -0.2) is 22.2 Å². The topological polar surface area (TPSA) is 74.6 Å². The lowest BCUT2D eigenvalue weighted by Crippen LogP contribution is -2.14. The van der Waals surface area contributed by atoms with Crippen molar-refractivity contribution in [2.45, 2.75) is 149 Å². The molecule has 0 aliphatic heterocycles. The normalized spacial score (nSPS) is 11.1. The average molecular weight is 489 g/mol. The van der Waals surface area contributed by atoms with E-state index in [1.54, 1.807) is 0 Å². The molecule has 0 unspecified atom stereocenters. The van der Waals surface area contributed by atoms with E-state index in [9.17, 15) is 19.8 Å². The van der Waals surface area contributed by atoms with Gasteiger partial charge in [0.25, 0.3) is 0 Å². The zero-order chi connectivity index (χ0) is 25.7. The summed E-state index contributed by atoms with van der Waals surface area (Å²) in [6.45, 7) is 4.48. The van der Waals surface area contributed by atoms with Crippen LogP contribution in [-0.2, 0) is 12.8 Å². The summed E-state index contributed by atoms with van der Waals surface area (Å²) in [6, 6.07) is 3.36. The molecular weight excluding hydrogens is 436 g/mol. The van der Waals surface area contributed by atoms with Crippen molar-refractivity contribution in [3.63, 3.8) is 0 Å². The second-order valence-corrected chi connectivity index (χ2v) is 10.2. The number of rotatable bonds is 23. The Morgan fingerprint density at radius 3 is 1.34 bits per heavy atom. The van der Waals surface area contributed by atoms with E-state index in [-0.39, 0.29) is 11.1 Å². The smallest absolute Gasteiger partial charge is 0.336 e. The summed E-state index contributed by atoms with van der Waals surface area (Å²) < 4.78 is 0. The summed E-state index contributed by atoms with van der Waals surface area (Å²) in [7, 11) is 0. The first-order valence-electron chi connectivity index (χ1n) is 14.6. The highest BCUT2D eigenvalue weighted by molar-refractivity contribution is 6.03. The maximum absolute atomic E-state index is 12.0. The Hall–Kier alpha value is -1.84. The molecule has 0 fully saturated rings. The van der Waals surface area contributed by atoms with Gasteiger partial charge >= 0.3 is 11.9 Å². The van der Waals surface area contributed by atoms with Gasteiger partial charge in [-0.2, -0.15) is 0 Å². The van der Waals surface area contributed by atoms with Gasteiger partial charge in [-0.3, -0.25) is 0 Å². The van der Waals surface area contributed by atoms with Crippen molar-refractivity contribution < 1.29 is 19.8 Å². The van der Waals surface area contributed by atoms with Gasteiger partial charge in [0.1, 0.15) is 0 Å². The standard InChI is InChI=1S/C31H52O4/c1-3-5-7-9-11-13-15-17-19-21-23-27-26(22-20-18-16-14-12-10-8-6-4-2)24-25-28(30(32)33)29(27)31(34)35/h24-25H,3-23H2,1-2H3,(H,32,33)(H,34,35). The number of carboxylic acid groups (broad SMARTS) is 2. The summed E-state index contributed by atoms with van der Waals surface area (Å²) in [5.41, 5.74) is 1.74. The Morgan fingerprint density at radius 2 is 0.943 bits per heavy atom. The first kappa shape index (κ1) is 31.2. The second-order valence-electron chi connectivity index (χ2n) is 10.2. The first-order valence-corrected chi connectivity index (χ1v) is 14.6. The van der Waals surface area contributed by atoms with Crippen LogP contribution in [0.1, 0.15) is 168 Å². The third-order valence-electron chi connectivity index (χ3n) is 7.18. The zero-order valence-corrected chi connectivity index (χ0v) is 22.7. The van der Waals surface area contributed by atoms with E-state index in [2.05, 4.69) is 13.8 Å². The fraction of sp³-hybridized carbons (Fsp3) is 0.742. The maximum Gasteiger partial charge on any atom is 0.336 e. The Kier molecular flexibility index (Phi) is 18.1. The van der Waals surface area contributed by atoms with Crippen molar-refractivity contribution in [2.24, 2.45) is 0 Å². The van der Waals surface area contributed by atoms with Crippen molar-refractivity contribution in [1.29, 1.82) is 0 Å². The van der Waals surface area contributed by atoms with Gasteiger partial charge < -0.3 is 10.2 Å². The van der Waals surface area contributed by atoms with Gasteiger partial charge in [0.05, 0.1) is 11.1 Å². The lowest BCUT2D eigenvalue weighted by molar-refractivity contribution is 0.0650. The predicted octanol–water partition coefficient (Wildman–Crippen LogP) is 9.62. The third kappa shape index (κ3) is 13.7. The van der Waals surface area contributed by atoms with E-state index in [0.29, 0.717) is 6.42 Å². The predicted molar refractivity (Wildman–Crippen MR) is 147 cm³/mol. The highest BCUT2D eigenvalue weighted by Crippen LogP contribution is 2.25. The van der Waals surface area contributed by atoms with Gasteiger partial charge in [-0.1, -0.05) is 129 Å². The SMILES string of the molecule is CCCCCCCCCCCCc1c(CCCCCCCCCCC)ccc(C(=O)O)c1C(=O)O. The summed E-state index contributed by atoms with van der Waals surface area (Å²) in [5.74, 6) is -2.26. The van der Waals surface area contributed by atoms with Crippen molar-refractivity contribution in [3.8, 4) is 0 Å². The number of benzene rings is 1. The second kappa shape index (κ2) is 20.4. The third-order valence-corrected chi connectivity index (χ3v) is 7.18. The fourth-order valence-electron chi connectivity index (χ4n) is 5.05. The minimum absolute atomic E-state index is 0.0156. The minimum atomic E-state index is -1.15. The van der Waals surface area contributed by atoms with Gasteiger partial charge in [-0.05, 0) is 42.9 Å². The highest BCUT2D eigenvalue weighted by atomic mass is 16.4. The molecule has 1 aromatic carbocycles. The molecule has 200 valence electrons. The van der Waals surface area contributed by atoms with Crippen LogP contribution in [0.5, 0.6) is 0 Å². The molecule has 1 rings (SSSR count). The molecule has 2 N–H and O–H groups in total. The van der Waals surface area contributed by atoms with Crippen LogP contribution in [0.3, 0.4) is 0 Å². The lowest BCUT2D eigenvalue weighted by Gasteiger charge is -2.15. The van der Waals surface area contributed by atoms with Gasteiger partial charge in [0.15, 0.2) is 0 Å². The van der Waals surface area contributed by atoms with Gasteiger partial charge in [0, 0.05) is 0 Å². The van der Waals surface area contributed by atoms with Crippen LogP contribution in [0.25, 0.3) is 0 Å². The van der Waals surface area contributed by atoms with Gasteiger partial charge in [-0.25, -0.2) is 9.59 Å². The van der Waals surface area contributed by atoms with Crippen molar-refractivity contribution >= 4 is 11.9 Å². The molecule has 0 aromatic heterocycles. The van der Waals surface area contributed by atoms with E-state index in [0.717, 1.165) is 43.2 Å². The molecule has 0 heterocycles. The van der Waals surface area contributed by atoms with Crippen molar-refractivity contribution in [1.82, 2.24) is 0 Å². The zero-order valence-electron chi connectivity index (χ0n) is 22.7. The molecule has 4 heteroatoms. The molecule has 0 radical (unpaired) electrons. The number of aromatic carboxylic acids is 2. The number of hydrogen-bond acceptors (Lipinski definition) is 2. The Morgan fingerprint density at radius 1 is 0.543 bits per heavy atom. The summed E-state index contributed by atoms with van der Waals surface area (Å²) in [4.78, 5) is 23.7. The molecule has 0 aliphatic carbocycles. The molecule has 1 aromatic rings. The van der Waals surface area contributed by atoms with E-state index >= 15 is 0 Å². The summed E-state index contributed by atoms with van der Waals surface area (Å²) >= 11 is 0. The van der Waals surface area contributed by atoms with E-state index < -0.39 is 11.9 Å². The van der Waals surface area contributed by atoms with E-state index in [4.69, 9.17) is 0 Å². The molecule has 0 bridgehead atoms. The molecule has 0 saturated heterocycles. The number of carboxylic acids is 2. The maximum atomic E-state index is 12.0. The number of unbranched alkanes of at least 4 members (excludes halogenated alkanes) is 17. The molecule has 4 nitrogen and oxygen atoms in total. The quantitative estimate of drug-likeness (QED) is 0.150. The average Bonchev–Trinajstić information content (AvgIpc) is 2.84.